The Kier molecular flexibility index (Phi) is 4.96. The van der Waals surface area contributed by atoms with E-state index < -0.39 is 0 Å². The summed E-state index contributed by atoms with van der Waals surface area (Å²) in [6.07, 6.45) is 13.4. The molecule has 1 aromatic rings. The van der Waals surface area contributed by atoms with E-state index in [4.69, 9.17) is 5.84 Å². The summed E-state index contributed by atoms with van der Waals surface area (Å²) in [5.74, 6) is 6.81. The second kappa shape index (κ2) is 6.71. The van der Waals surface area contributed by atoms with E-state index in [0.717, 1.165) is 25.2 Å². The molecule has 1 aliphatic rings. The van der Waals surface area contributed by atoms with Gasteiger partial charge in [-0.3, -0.25) is 11.3 Å². The highest BCUT2D eigenvalue weighted by atomic mass is 15.2. The van der Waals surface area contributed by atoms with Crippen molar-refractivity contribution < 1.29 is 0 Å². The van der Waals surface area contributed by atoms with Crippen molar-refractivity contribution in [3.05, 3.63) is 29.9 Å². The summed E-state index contributed by atoms with van der Waals surface area (Å²) >= 11 is 0. The zero-order chi connectivity index (χ0) is 12.8. The van der Waals surface area contributed by atoms with Gasteiger partial charge in [-0.15, -0.1) is 0 Å². The maximum absolute atomic E-state index is 5.68. The summed E-state index contributed by atoms with van der Waals surface area (Å²) in [5, 5.41) is 0. The normalized spacial score (nSPS) is 17.6. The van der Waals surface area contributed by atoms with Crippen LogP contribution >= 0.6 is 0 Å². The van der Waals surface area contributed by atoms with Crippen LogP contribution in [0.5, 0.6) is 0 Å². The van der Waals surface area contributed by atoms with Gasteiger partial charge in [0.2, 0.25) is 0 Å². The molecule has 0 amide bonds. The van der Waals surface area contributed by atoms with Crippen LogP contribution in [-0.4, -0.2) is 15.6 Å². The molecule has 100 valence electrons. The van der Waals surface area contributed by atoms with Crippen LogP contribution < -0.4 is 11.3 Å². The predicted octanol–water partition coefficient (Wildman–Crippen LogP) is 2.17. The monoisotopic (exact) mass is 248 g/mol. The Hall–Kier alpha value is -1.13. The molecule has 0 saturated heterocycles. The van der Waals surface area contributed by atoms with Gasteiger partial charge in [0, 0.05) is 31.4 Å². The molecule has 1 aromatic heterocycles. The third-order valence-electron chi connectivity index (χ3n) is 3.70. The smallest absolute Gasteiger partial charge is 0.110 e. The van der Waals surface area contributed by atoms with Gasteiger partial charge in [-0.05, 0) is 39.0 Å². The number of hydrazine groups is 1. The van der Waals surface area contributed by atoms with Crippen LogP contribution in [0.25, 0.3) is 0 Å². The number of hydrogen-bond acceptors (Lipinski definition) is 3. The summed E-state index contributed by atoms with van der Waals surface area (Å²) in [6, 6.07) is 0.294. The van der Waals surface area contributed by atoms with Crippen molar-refractivity contribution in [1.82, 2.24) is 15.0 Å². The van der Waals surface area contributed by atoms with E-state index in [9.17, 15) is 0 Å². The largest absolute Gasteiger partial charge is 0.335 e. The maximum atomic E-state index is 5.68. The lowest BCUT2D eigenvalue weighted by Crippen LogP contribution is -2.37. The third kappa shape index (κ3) is 3.43. The third-order valence-corrected chi connectivity index (χ3v) is 3.70. The second-order valence-corrected chi connectivity index (χ2v) is 5.01. The Bertz CT molecular complexity index is 394. The highest BCUT2D eigenvalue weighted by Gasteiger charge is 2.14. The molecule has 0 spiro atoms. The number of allylic oxidation sites excluding steroid dienone is 1. The van der Waals surface area contributed by atoms with E-state index in [1.54, 1.807) is 5.57 Å². The Morgan fingerprint density at radius 3 is 3.00 bits per heavy atom. The molecule has 0 radical (unpaired) electrons. The van der Waals surface area contributed by atoms with E-state index >= 15 is 0 Å². The first-order chi connectivity index (χ1) is 8.83. The van der Waals surface area contributed by atoms with Crippen LogP contribution in [0.15, 0.2) is 24.0 Å². The summed E-state index contributed by atoms with van der Waals surface area (Å²) in [7, 11) is 0. The fourth-order valence-corrected chi connectivity index (χ4v) is 2.63. The number of aryl methyl sites for hydroxylation is 1. The van der Waals surface area contributed by atoms with Crippen molar-refractivity contribution in [3.8, 4) is 0 Å². The summed E-state index contributed by atoms with van der Waals surface area (Å²) in [5.41, 5.74) is 4.50. The topological polar surface area (TPSA) is 55.9 Å². The lowest BCUT2D eigenvalue weighted by atomic mass is 9.93. The fraction of sp³-hybridized carbons (Fsp3) is 0.643. The average molecular weight is 248 g/mol. The lowest BCUT2D eigenvalue weighted by molar-refractivity contribution is 0.485. The molecule has 4 nitrogen and oxygen atoms in total. The van der Waals surface area contributed by atoms with Gasteiger partial charge in [-0.1, -0.05) is 11.6 Å². The Balaban J connectivity index is 1.94. The van der Waals surface area contributed by atoms with Crippen molar-refractivity contribution >= 4 is 0 Å². The van der Waals surface area contributed by atoms with E-state index in [-0.39, 0.29) is 0 Å². The van der Waals surface area contributed by atoms with Crippen LogP contribution in [0.3, 0.4) is 0 Å². The van der Waals surface area contributed by atoms with Crippen LogP contribution in [0.4, 0.5) is 0 Å². The van der Waals surface area contributed by atoms with Crippen molar-refractivity contribution in [2.75, 3.05) is 0 Å². The maximum Gasteiger partial charge on any atom is 0.110 e. The highest BCUT2D eigenvalue weighted by molar-refractivity contribution is 5.08. The number of nitrogens with one attached hydrogen (secondary N) is 1. The van der Waals surface area contributed by atoms with Crippen molar-refractivity contribution in [3.63, 3.8) is 0 Å². The highest BCUT2D eigenvalue weighted by Crippen LogP contribution is 2.22. The molecule has 18 heavy (non-hydrogen) atoms. The first kappa shape index (κ1) is 13.3. The fourth-order valence-electron chi connectivity index (χ4n) is 2.63. The number of imidazole rings is 1. The van der Waals surface area contributed by atoms with Crippen LogP contribution in [0, 0.1) is 0 Å². The quantitative estimate of drug-likeness (QED) is 0.461. The number of hydrogen-bond donors (Lipinski definition) is 2. The molecule has 1 aliphatic carbocycles. The van der Waals surface area contributed by atoms with Crippen molar-refractivity contribution in [1.29, 1.82) is 0 Å². The summed E-state index contributed by atoms with van der Waals surface area (Å²) < 4.78 is 2.18. The molecule has 3 N–H and O–H groups in total. The zero-order valence-electron chi connectivity index (χ0n) is 11.2. The van der Waals surface area contributed by atoms with E-state index in [0.29, 0.717) is 6.04 Å². The number of aromatic nitrogens is 2. The van der Waals surface area contributed by atoms with Gasteiger partial charge in [0.15, 0.2) is 0 Å². The number of nitrogens with zero attached hydrogens (tertiary/aromatic N) is 2. The van der Waals surface area contributed by atoms with Gasteiger partial charge in [-0.2, -0.15) is 0 Å². The molecule has 0 fully saturated rings. The minimum Gasteiger partial charge on any atom is -0.335 e. The number of rotatable bonds is 6. The Labute approximate surface area is 109 Å². The summed E-state index contributed by atoms with van der Waals surface area (Å²) in [6.45, 7) is 3.11. The molecule has 1 heterocycles. The predicted molar refractivity (Wildman–Crippen MR) is 73.9 cm³/mol. The van der Waals surface area contributed by atoms with E-state index in [1.807, 2.05) is 12.4 Å². The molecule has 0 saturated carbocycles. The van der Waals surface area contributed by atoms with Gasteiger partial charge < -0.3 is 4.57 Å². The molecule has 0 aromatic carbocycles. The van der Waals surface area contributed by atoms with E-state index in [2.05, 4.69) is 28.0 Å². The minimum atomic E-state index is 0.294. The Morgan fingerprint density at radius 1 is 1.44 bits per heavy atom. The lowest BCUT2D eigenvalue weighted by Gasteiger charge is -2.20. The van der Waals surface area contributed by atoms with Gasteiger partial charge in [-0.25, -0.2) is 4.98 Å². The van der Waals surface area contributed by atoms with Crippen LogP contribution in [-0.2, 0) is 13.0 Å². The molecule has 0 aliphatic heterocycles. The number of nitrogens with two attached hydrogens (primary N) is 1. The molecule has 2 rings (SSSR count). The minimum absolute atomic E-state index is 0.294. The molecule has 1 unspecified atom stereocenters. The molecular weight excluding hydrogens is 224 g/mol. The molecule has 1 atom stereocenters. The van der Waals surface area contributed by atoms with Gasteiger partial charge in [0.1, 0.15) is 5.82 Å². The van der Waals surface area contributed by atoms with Crippen molar-refractivity contribution in [2.45, 2.75) is 58.0 Å². The van der Waals surface area contributed by atoms with Crippen LogP contribution in [0.2, 0.25) is 0 Å². The standard InChI is InChI=1S/C14H24N4/c1-2-18-9-8-16-14(18)11-13(17-15)10-12-6-4-3-5-7-12/h6,8-9,13,17H,2-5,7,10-11,15H2,1H3. The van der Waals surface area contributed by atoms with E-state index in [1.165, 1.54) is 25.7 Å². The average Bonchev–Trinajstić information content (AvgIpc) is 2.86. The first-order valence-electron chi connectivity index (χ1n) is 6.97. The van der Waals surface area contributed by atoms with Gasteiger partial charge in [0.05, 0.1) is 0 Å². The molecule has 0 bridgehead atoms. The van der Waals surface area contributed by atoms with Gasteiger partial charge in [0.25, 0.3) is 0 Å². The molecule has 4 heteroatoms. The first-order valence-corrected chi connectivity index (χ1v) is 6.97. The molecular formula is C14H24N4. The second-order valence-electron chi connectivity index (χ2n) is 5.01. The van der Waals surface area contributed by atoms with Crippen molar-refractivity contribution in [2.24, 2.45) is 5.84 Å². The SMILES string of the molecule is CCn1ccnc1CC(CC1=CCCCC1)NN. The van der Waals surface area contributed by atoms with Crippen LogP contribution in [0.1, 0.15) is 44.9 Å². The summed E-state index contributed by atoms with van der Waals surface area (Å²) in [4.78, 5) is 4.42. The zero-order valence-corrected chi connectivity index (χ0v) is 11.2. The van der Waals surface area contributed by atoms with Gasteiger partial charge >= 0.3 is 0 Å². The Morgan fingerprint density at radius 2 is 2.33 bits per heavy atom.